The summed E-state index contributed by atoms with van der Waals surface area (Å²) in [5.74, 6) is -0.493. The summed E-state index contributed by atoms with van der Waals surface area (Å²) < 4.78 is 0. The first kappa shape index (κ1) is 18.2. The Balaban J connectivity index is 2.66. The van der Waals surface area contributed by atoms with Gasteiger partial charge in [0.2, 0.25) is 5.91 Å². The van der Waals surface area contributed by atoms with Crippen LogP contribution in [0.1, 0.15) is 36.7 Å². The average molecular weight is 306 g/mol. The fourth-order valence-corrected chi connectivity index (χ4v) is 2.35. The Morgan fingerprint density at radius 1 is 1.27 bits per heavy atom. The Bertz CT molecular complexity index is 535. The van der Waals surface area contributed by atoms with Gasteiger partial charge in [0.05, 0.1) is 19.2 Å². The molecule has 122 valence electrons. The molecule has 0 heterocycles. The molecule has 1 rings (SSSR count). The van der Waals surface area contributed by atoms with E-state index in [1.54, 1.807) is 19.2 Å². The van der Waals surface area contributed by atoms with Crippen LogP contribution in [0.4, 0.5) is 0 Å². The summed E-state index contributed by atoms with van der Waals surface area (Å²) in [7, 11) is 1.65. The summed E-state index contributed by atoms with van der Waals surface area (Å²) >= 11 is 0. The Morgan fingerprint density at radius 3 is 2.36 bits per heavy atom. The largest absolute Gasteiger partial charge is 0.394 e. The van der Waals surface area contributed by atoms with Gasteiger partial charge in [-0.3, -0.25) is 9.59 Å². The van der Waals surface area contributed by atoms with Crippen molar-refractivity contribution in [3.05, 3.63) is 35.4 Å². The van der Waals surface area contributed by atoms with Crippen LogP contribution in [0.15, 0.2) is 24.3 Å². The number of likely N-dealkylation sites (N-methyl/N-ethyl adjacent to an activating group) is 1. The molecule has 0 unspecified atom stereocenters. The van der Waals surface area contributed by atoms with Gasteiger partial charge in [-0.2, -0.15) is 0 Å². The maximum Gasteiger partial charge on any atom is 0.251 e. The maximum absolute atomic E-state index is 12.2. The van der Waals surface area contributed by atoms with Crippen LogP contribution in [0.5, 0.6) is 0 Å². The first-order valence-corrected chi connectivity index (χ1v) is 7.38. The number of hydrogen-bond acceptors (Lipinski definition) is 3. The van der Waals surface area contributed by atoms with Crippen LogP contribution in [0, 0.1) is 12.3 Å². The lowest BCUT2D eigenvalue weighted by Crippen LogP contribution is -2.50. The predicted molar refractivity (Wildman–Crippen MR) is 86.6 cm³/mol. The molecular formula is C17H26N2O3. The molecule has 0 aliphatic rings. The molecule has 1 aromatic rings. The van der Waals surface area contributed by atoms with Gasteiger partial charge in [-0.1, -0.05) is 39.0 Å². The minimum absolute atomic E-state index is 0.0871. The number of nitrogens with zero attached hydrogens (tertiary/aromatic N) is 1. The van der Waals surface area contributed by atoms with Crippen molar-refractivity contribution in [2.45, 2.75) is 33.7 Å². The van der Waals surface area contributed by atoms with Gasteiger partial charge in [-0.25, -0.2) is 0 Å². The van der Waals surface area contributed by atoms with Crippen LogP contribution in [0.2, 0.25) is 0 Å². The van der Waals surface area contributed by atoms with Crippen molar-refractivity contribution < 1.29 is 14.7 Å². The predicted octanol–water partition coefficient (Wildman–Crippen LogP) is 1.59. The number of aliphatic hydroxyl groups excluding tert-OH is 1. The molecule has 22 heavy (non-hydrogen) atoms. The lowest BCUT2D eigenvalue weighted by molar-refractivity contribution is -0.134. The van der Waals surface area contributed by atoms with Gasteiger partial charge < -0.3 is 15.3 Å². The normalized spacial score (nSPS) is 12.6. The average Bonchev–Trinajstić information content (AvgIpc) is 2.43. The highest BCUT2D eigenvalue weighted by atomic mass is 16.3. The summed E-state index contributed by atoms with van der Waals surface area (Å²) in [6, 6.07) is 6.93. The van der Waals surface area contributed by atoms with Crippen LogP contribution in [0.25, 0.3) is 0 Å². The van der Waals surface area contributed by atoms with E-state index in [1.807, 2.05) is 39.8 Å². The standard InChI is InChI=1S/C17H26N2O3/c1-12-8-6-7-9-13(12)16(22)18-10-15(21)19(5)14(11-20)17(2,3)4/h6-9,14,20H,10-11H2,1-5H3,(H,18,22)/t14-/m1/s1. The van der Waals surface area contributed by atoms with Crippen LogP contribution in [-0.4, -0.2) is 48.1 Å². The number of carbonyl (C=O) groups excluding carboxylic acids is 2. The van der Waals surface area contributed by atoms with E-state index in [1.165, 1.54) is 4.90 Å². The third-order valence-electron chi connectivity index (χ3n) is 3.82. The van der Waals surface area contributed by atoms with Crippen molar-refractivity contribution in [2.75, 3.05) is 20.2 Å². The molecule has 0 aliphatic carbocycles. The lowest BCUT2D eigenvalue weighted by Gasteiger charge is -2.36. The molecule has 0 aromatic heterocycles. The summed E-state index contributed by atoms with van der Waals surface area (Å²) in [5, 5.41) is 12.1. The molecule has 0 aliphatic heterocycles. The zero-order valence-corrected chi connectivity index (χ0v) is 14.0. The van der Waals surface area contributed by atoms with Crippen LogP contribution >= 0.6 is 0 Å². The molecular weight excluding hydrogens is 280 g/mol. The van der Waals surface area contributed by atoms with Crippen LogP contribution in [0.3, 0.4) is 0 Å². The number of aliphatic hydroxyl groups is 1. The second kappa shape index (κ2) is 7.40. The Morgan fingerprint density at radius 2 is 1.86 bits per heavy atom. The molecule has 0 saturated carbocycles. The van der Waals surface area contributed by atoms with Gasteiger partial charge in [0.15, 0.2) is 0 Å². The van der Waals surface area contributed by atoms with E-state index in [2.05, 4.69) is 5.32 Å². The van der Waals surface area contributed by atoms with E-state index in [0.717, 1.165) is 5.56 Å². The SMILES string of the molecule is Cc1ccccc1C(=O)NCC(=O)N(C)[C@H](CO)C(C)(C)C. The molecule has 5 heteroatoms. The molecule has 0 bridgehead atoms. The Hall–Kier alpha value is -1.88. The van der Waals surface area contributed by atoms with Gasteiger partial charge in [-0.15, -0.1) is 0 Å². The number of carbonyl (C=O) groups is 2. The Kier molecular flexibility index (Phi) is 6.11. The minimum Gasteiger partial charge on any atom is -0.394 e. The number of rotatable bonds is 5. The Labute approximate surface area is 132 Å². The van der Waals surface area contributed by atoms with Gasteiger partial charge in [0.25, 0.3) is 5.91 Å². The zero-order valence-electron chi connectivity index (χ0n) is 14.0. The van der Waals surface area contributed by atoms with E-state index in [4.69, 9.17) is 0 Å². The number of aryl methyl sites for hydroxylation is 1. The maximum atomic E-state index is 12.2. The highest BCUT2D eigenvalue weighted by Gasteiger charge is 2.30. The molecule has 0 spiro atoms. The van der Waals surface area contributed by atoms with Crippen molar-refractivity contribution in [3.8, 4) is 0 Å². The molecule has 2 N–H and O–H groups in total. The van der Waals surface area contributed by atoms with Gasteiger partial charge in [0.1, 0.15) is 0 Å². The highest BCUT2D eigenvalue weighted by Crippen LogP contribution is 2.23. The van der Waals surface area contributed by atoms with Gasteiger partial charge in [0, 0.05) is 12.6 Å². The lowest BCUT2D eigenvalue weighted by atomic mass is 9.86. The van der Waals surface area contributed by atoms with Crippen molar-refractivity contribution in [1.82, 2.24) is 10.2 Å². The minimum atomic E-state index is -0.296. The van der Waals surface area contributed by atoms with Gasteiger partial charge in [-0.05, 0) is 24.0 Å². The first-order valence-electron chi connectivity index (χ1n) is 7.38. The van der Waals surface area contributed by atoms with Crippen molar-refractivity contribution in [2.24, 2.45) is 5.41 Å². The van der Waals surface area contributed by atoms with E-state index in [0.29, 0.717) is 5.56 Å². The summed E-state index contributed by atoms with van der Waals surface area (Å²) in [6.45, 7) is 7.54. The van der Waals surface area contributed by atoms with E-state index < -0.39 is 0 Å². The number of nitrogens with one attached hydrogen (secondary N) is 1. The molecule has 1 atom stereocenters. The first-order chi connectivity index (χ1) is 10.2. The molecule has 5 nitrogen and oxygen atoms in total. The quantitative estimate of drug-likeness (QED) is 0.868. The monoisotopic (exact) mass is 306 g/mol. The molecule has 2 amide bonds. The molecule has 0 fully saturated rings. The number of hydrogen-bond donors (Lipinski definition) is 2. The molecule has 1 aromatic carbocycles. The van der Waals surface area contributed by atoms with Gasteiger partial charge >= 0.3 is 0 Å². The van der Waals surface area contributed by atoms with E-state index in [9.17, 15) is 14.7 Å². The summed E-state index contributed by atoms with van der Waals surface area (Å²) in [6.07, 6.45) is 0. The topological polar surface area (TPSA) is 69.6 Å². The van der Waals surface area contributed by atoms with Crippen molar-refractivity contribution >= 4 is 11.8 Å². The highest BCUT2D eigenvalue weighted by molar-refractivity contribution is 5.97. The fourth-order valence-electron chi connectivity index (χ4n) is 2.35. The van der Waals surface area contributed by atoms with Crippen LogP contribution < -0.4 is 5.32 Å². The number of benzene rings is 1. The van der Waals surface area contributed by atoms with Crippen molar-refractivity contribution in [3.63, 3.8) is 0 Å². The molecule has 0 radical (unpaired) electrons. The van der Waals surface area contributed by atoms with E-state index >= 15 is 0 Å². The number of amides is 2. The second-order valence-electron chi connectivity index (χ2n) is 6.57. The summed E-state index contributed by atoms with van der Waals surface area (Å²) in [4.78, 5) is 25.8. The zero-order chi connectivity index (χ0) is 16.9. The third-order valence-corrected chi connectivity index (χ3v) is 3.82. The van der Waals surface area contributed by atoms with Crippen LogP contribution in [-0.2, 0) is 4.79 Å². The second-order valence-corrected chi connectivity index (χ2v) is 6.57. The summed E-state index contributed by atoms with van der Waals surface area (Å²) in [5.41, 5.74) is 1.19. The third kappa shape index (κ3) is 4.56. The van der Waals surface area contributed by atoms with E-state index in [-0.39, 0.29) is 36.4 Å². The smallest absolute Gasteiger partial charge is 0.251 e. The van der Waals surface area contributed by atoms with Crippen molar-refractivity contribution in [1.29, 1.82) is 0 Å². The fraction of sp³-hybridized carbons (Fsp3) is 0.529. The molecule has 0 saturated heterocycles.